The number of rotatable bonds is 6. The third-order valence-corrected chi connectivity index (χ3v) is 3.90. The Kier molecular flexibility index (Phi) is 5.75. The number of benzene rings is 2. The number of urea groups is 1. The highest BCUT2D eigenvalue weighted by Gasteiger charge is 2.17. The van der Waals surface area contributed by atoms with E-state index < -0.39 is 12.1 Å². The molecule has 2 amide bonds. The van der Waals surface area contributed by atoms with E-state index in [1.165, 1.54) is 30.3 Å². The summed E-state index contributed by atoms with van der Waals surface area (Å²) < 4.78 is 31.7. The second kappa shape index (κ2) is 8.39. The van der Waals surface area contributed by atoms with Crippen LogP contribution in [0.3, 0.4) is 0 Å². The first-order valence-electron chi connectivity index (χ1n) is 8.40. The van der Waals surface area contributed by atoms with Crippen LogP contribution in [0.2, 0.25) is 0 Å². The Morgan fingerprint density at radius 1 is 1.15 bits per heavy atom. The third-order valence-electron chi connectivity index (χ3n) is 3.90. The van der Waals surface area contributed by atoms with Crippen LogP contribution < -0.4 is 10.6 Å². The van der Waals surface area contributed by atoms with Crippen molar-refractivity contribution in [2.24, 2.45) is 0 Å². The molecule has 0 radical (unpaired) electrons. The van der Waals surface area contributed by atoms with E-state index in [4.69, 9.17) is 4.52 Å². The van der Waals surface area contributed by atoms with Gasteiger partial charge in [0.25, 0.3) is 0 Å². The van der Waals surface area contributed by atoms with E-state index in [0.717, 1.165) is 0 Å². The molecule has 1 unspecified atom stereocenters. The van der Waals surface area contributed by atoms with Crippen molar-refractivity contribution in [1.82, 2.24) is 20.8 Å². The van der Waals surface area contributed by atoms with Crippen LogP contribution >= 0.6 is 0 Å². The first kappa shape index (κ1) is 18.5. The van der Waals surface area contributed by atoms with Gasteiger partial charge in [0, 0.05) is 12.1 Å². The van der Waals surface area contributed by atoms with Gasteiger partial charge in [-0.15, -0.1) is 0 Å². The van der Waals surface area contributed by atoms with Crippen LogP contribution in [-0.2, 0) is 6.42 Å². The van der Waals surface area contributed by atoms with Crippen molar-refractivity contribution in [3.63, 3.8) is 0 Å². The average molecular weight is 372 g/mol. The Balaban J connectivity index is 1.51. The van der Waals surface area contributed by atoms with Crippen molar-refractivity contribution in [3.8, 4) is 11.4 Å². The second-order valence-electron chi connectivity index (χ2n) is 5.93. The molecule has 0 fully saturated rings. The number of hydrogen-bond donors (Lipinski definition) is 2. The fourth-order valence-corrected chi connectivity index (χ4v) is 2.45. The van der Waals surface area contributed by atoms with Crippen molar-refractivity contribution in [2.45, 2.75) is 19.4 Å². The Hall–Kier alpha value is -3.29. The molecular weight excluding hydrogens is 354 g/mol. The predicted octanol–water partition coefficient (Wildman–Crippen LogP) is 3.62. The topological polar surface area (TPSA) is 80.0 Å². The highest BCUT2D eigenvalue weighted by molar-refractivity contribution is 5.74. The molecule has 6 nitrogen and oxygen atoms in total. The molecule has 3 rings (SSSR count). The maximum Gasteiger partial charge on any atom is 0.315 e. The third kappa shape index (κ3) is 4.87. The van der Waals surface area contributed by atoms with Gasteiger partial charge in [0.15, 0.2) is 0 Å². The van der Waals surface area contributed by atoms with Crippen molar-refractivity contribution in [2.75, 3.05) is 6.54 Å². The quantitative estimate of drug-likeness (QED) is 0.693. The summed E-state index contributed by atoms with van der Waals surface area (Å²) in [6.45, 7) is 1.97. The monoisotopic (exact) mass is 372 g/mol. The number of nitrogens with zero attached hydrogens (tertiary/aromatic N) is 2. The summed E-state index contributed by atoms with van der Waals surface area (Å²) in [5.74, 6) is -0.131. The van der Waals surface area contributed by atoms with Crippen LogP contribution in [0.15, 0.2) is 53.1 Å². The number of carbonyl (C=O) groups excluding carboxylic acids is 1. The lowest BCUT2D eigenvalue weighted by Gasteiger charge is -2.11. The zero-order valence-electron chi connectivity index (χ0n) is 14.6. The van der Waals surface area contributed by atoms with Crippen molar-refractivity contribution in [3.05, 3.63) is 71.6 Å². The summed E-state index contributed by atoms with van der Waals surface area (Å²) in [5.41, 5.74) is 1.14. The number of halogens is 2. The largest absolute Gasteiger partial charge is 0.338 e. The fraction of sp³-hybridized carbons (Fsp3) is 0.211. The van der Waals surface area contributed by atoms with Gasteiger partial charge in [-0.05, 0) is 49.2 Å². The van der Waals surface area contributed by atoms with E-state index in [1.54, 1.807) is 25.1 Å². The highest BCUT2D eigenvalue weighted by Crippen LogP contribution is 2.18. The summed E-state index contributed by atoms with van der Waals surface area (Å²) >= 11 is 0. The molecule has 1 heterocycles. The minimum Gasteiger partial charge on any atom is -0.338 e. The Labute approximate surface area is 154 Å². The van der Waals surface area contributed by atoms with Gasteiger partial charge in [-0.1, -0.05) is 23.4 Å². The van der Waals surface area contributed by atoms with E-state index in [-0.39, 0.29) is 24.1 Å². The maximum absolute atomic E-state index is 13.5. The second-order valence-corrected chi connectivity index (χ2v) is 5.93. The standard InChI is InChI=1S/C19H18F2N4O2/c1-12(18-24-17(25-27-18)14-6-8-15(20)9-7-14)23-19(26)22-11-10-13-4-2-3-5-16(13)21/h2-9,12H,10-11H2,1H3,(H2,22,23,26). The molecule has 0 saturated heterocycles. The molecule has 8 heteroatoms. The van der Waals surface area contributed by atoms with Crippen LogP contribution in [-0.4, -0.2) is 22.7 Å². The van der Waals surface area contributed by atoms with Crippen LogP contribution in [0.1, 0.15) is 24.4 Å². The van der Waals surface area contributed by atoms with E-state index in [0.29, 0.717) is 23.4 Å². The molecule has 0 aliphatic carbocycles. The van der Waals surface area contributed by atoms with Gasteiger partial charge in [-0.3, -0.25) is 0 Å². The molecule has 0 aliphatic rings. The molecule has 1 atom stereocenters. The molecular formula is C19H18F2N4O2. The maximum atomic E-state index is 13.5. The molecule has 140 valence electrons. The van der Waals surface area contributed by atoms with Gasteiger partial charge < -0.3 is 15.2 Å². The Morgan fingerprint density at radius 2 is 1.89 bits per heavy atom. The van der Waals surface area contributed by atoms with Crippen LogP contribution in [0.4, 0.5) is 13.6 Å². The minimum absolute atomic E-state index is 0.221. The Morgan fingerprint density at radius 3 is 2.63 bits per heavy atom. The number of hydrogen-bond acceptors (Lipinski definition) is 4. The Bertz CT molecular complexity index is 912. The molecule has 1 aromatic heterocycles. The lowest BCUT2D eigenvalue weighted by Crippen LogP contribution is -2.38. The van der Waals surface area contributed by atoms with Gasteiger partial charge in [0.05, 0.1) is 0 Å². The van der Waals surface area contributed by atoms with E-state index >= 15 is 0 Å². The molecule has 3 aromatic rings. The van der Waals surface area contributed by atoms with Crippen LogP contribution in [0, 0.1) is 11.6 Å². The zero-order chi connectivity index (χ0) is 19.2. The molecule has 27 heavy (non-hydrogen) atoms. The summed E-state index contributed by atoms with van der Waals surface area (Å²) in [5, 5.41) is 9.16. The zero-order valence-corrected chi connectivity index (χ0v) is 14.6. The minimum atomic E-state index is -0.528. The van der Waals surface area contributed by atoms with Crippen molar-refractivity contribution >= 4 is 6.03 Å². The molecule has 2 aromatic carbocycles. The van der Waals surface area contributed by atoms with Crippen LogP contribution in [0.25, 0.3) is 11.4 Å². The average Bonchev–Trinajstić information content (AvgIpc) is 3.14. The van der Waals surface area contributed by atoms with E-state index in [1.807, 2.05) is 0 Å². The first-order valence-corrected chi connectivity index (χ1v) is 8.40. The van der Waals surface area contributed by atoms with Crippen molar-refractivity contribution in [1.29, 1.82) is 0 Å². The summed E-state index contributed by atoms with van der Waals surface area (Å²) in [6, 6.07) is 11.1. The lowest BCUT2D eigenvalue weighted by atomic mass is 10.1. The normalized spacial score (nSPS) is 11.8. The fourth-order valence-electron chi connectivity index (χ4n) is 2.45. The van der Waals surface area contributed by atoms with Crippen molar-refractivity contribution < 1.29 is 18.1 Å². The van der Waals surface area contributed by atoms with Gasteiger partial charge in [-0.2, -0.15) is 4.98 Å². The summed E-state index contributed by atoms with van der Waals surface area (Å²) in [4.78, 5) is 16.2. The molecule has 2 N–H and O–H groups in total. The SMILES string of the molecule is CC(NC(=O)NCCc1ccccc1F)c1nc(-c2ccc(F)cc2)no1. The number of amides is 2. The molecule has 0 spiro atoms. The number of carbonyl (C=O) groups is 1. The molecule has 0 saturated carbocycles. The van der Waals surface area contributed by atoms with Gasteiger partial charge in [-0.25, -0.2) is 13.6 Å². The molecule has 0 bridgehead atoms. The van der Waals surface area contributed by atoms with E-state index in [9.17, 15) is 13.6 Å². The smallest absolute Gasteiger partial charge is 0.315 e. The summed E-state index contributed by atoms with van der Waals surface area (Å²) in [6.07, 6.45) is 0.379. The van der Waals surface area contributed by atoms with Gasteiger partial charge >= 0.3 is 6.03 Å². The predicted molar refractivity (Wildman–Crippen MR) is 94.7 cm³/mol. The lowest BCUT2D eigenvalue weighted by molar-refractivity contribution is 0.234. The first-order chi connectivity index (χ1) is 13.0. The van der Waals surface area contributed by atoms with E-state index in [2.05, 4.69) is 20.8 Å². The van der Waals surface area contributed by atoms with Gasteiger partial charge in [0.1, 0.15) is 17.7 Å². The van der Waals surface area contributed by atoms with Crippen LogP contribution in [0.5, 0.6) is 0 Å². The molecule has 0 aliphatic heterocycles. The number of nitrogens with one attached hydrogen (secondary N) is 2. The number of aromatic nitrogens is 2. The summed E-state index contributed by atoms with van der Waals surface area (Å²) in [7, 11) is 0. The van der Waals surface area contributed by atoms with Gasteiger partial charge in [0.2, 0.25) is 11.7 Å². The highest BCUT2D eigenvalue weighted by atomic mass is 19.1.